The molecule has 182 valence electrons. The van der Waals surface area contributed by atoms with Crippen molar-refractivity contribution in [1.29, 1.82) is 0 Å². The van der Waals surface area contributed by atoms with Crippen LogP contribution in [0.4, 0.5) is 0 Å². The van der Waals surface area contributed by atoms with E-state index in [0.717, 1.165) is 0 Å². The average Bonchev–Trinajstić information content (AvgIpc) is 2.76. The fraction of sp³-hybridized carbons (Fsp3) is 1.00. The molecule has 0 saturated carbocycles. The largest absolute Gasteiger partial charge is 0.317 e. The van der Waals surface area contributed by atoms with Crippen molar-refractivity contribution in [3.8, 4) is 0 Å². The molecule has 0 aliphatic carbocycles. The van der Waals surface area contributed by atoms with E-state index in [0.29, 0.717) is 10.8 Å². The van der Waals surface area contributed by atoms with Gasteiger partial charge in [-0.05, 0) is 88.4 Å². The van der Waals surface area contributed by atoms with Crippen LogP contribution in [-0.4, -0.2) is 26.2 Å². The molecular formula is C28H60N2. The van der Waals surface area contributed by atoms with Crippen molar-refractivity contribution in [2.24, 2.45) is 10.8 Å². The fourth-order valence-electron chi connectivity index (χ4n) is 4.24. The first kappa shape index (κ1) is 29.9. The predicted molar refractivity (Wildman–Crippen MR) is 139 cm³/mol. The number of hydrogen-bond acceptors (Lipinski definition) is 2. The van der Waals surface area contributed by atoms with E-state index in [1.807, 2.05) is 0 Å². The summed E-state index contributed by atoms with van der Waals surface area (Å²) in [7, 11) is 0. The molecule has 0 aromatic heterocycles. The van der Waals surface area contributed by atoms with E-state index < -0.39 is 0 Å². The Kier molecular flexibility index (Phi) is 19.5. The van der Waals surface area contributed by atoms with Crippen molar-refractivity contribution >= 4 is 0 Å². The van der Waals surface area contributed by atoms with Crippen molar-refractivity contribution in [2.75, 3.05) is 26.2 Å². The zero-order valence-corrected chi connectivity index (χ0v) is 22.1. The van der Waals surface area contributed by atoms with Gasteiger partial charge in [0.25, 0.3) is 0 Å². The molecule has 30 heavy (non-hydrogen) atoms. The maximum atomic E-state index is 3.28. The molecule has 2 saturated heterocycles. The van der Waals surface area contributed by atoms with Crippen LogP contribution in [-0.2, 0) is 0 Å². The van der Waals surface area contributed by atoms with Crippen molar-refractivity contribution in [1.82, 2.24) is 10.6 Å². The summed E-state index contributed by atoms with van der Waals surface area (Å²) in [5, 5.41) is 6.57. The van der Waals surface area contributed by atoms with Crippen LogP contribution in [0.15, 0.2) is 0 Å². The Labute approximate surface area is 192 Å². The molecule has 2 nitrogen and oxygen atoms in total. The minimum atomic E-state index is 0.553. The van der Waals surface area contributed by atoms with Crippen molar-refractivity contribution in [3.63, 3.8) is 0 Å². The normalized spacial score (nSPS) is 17.4. The smallest absolute Gasteiger partial charge is 0.00489 e. The van der Waals surface area contributed by atoms with Gasteiger partial charge in [0.1, 0.15) is 0 Å². The molecule has 2 heteroatoms. The van der Waals surface area contributed by atoms with E-state index in [1.54, 1.807) is 0 Å². The quantitative estimate of drug-likeness (QED) is 0.325. The number of unbranched alkanes of at least 4 members (excludes halogenated alkanes) is 4. The van der Waals surface area contributed by atoms with Gasteiger partial charge in [-0.15, -0.1) is 0 Å². The van der Waals surface area contributed by atoms with E-state index >= 15 is 0 Å². The lowest BCUT2D eigenvalue weighted by Gasteiger charge is -2.31. The Bertz CT molecular complexity index is 284. The fourth-order valence-corrected chi connectivity index (χ4v) is 4.24. The van der Waals surface area contributed by atoms with Crippen LogP contribution in [0.1, 0.15) is 144 Å². The minimum Gasteiger partial charge on any atom is -0.317 e. The maximum Gasteiger partial charge on any atom is -0.00489 e. The molecular weight excluding hydrogens is 364 g/mol. The highest BCUT2D eigenvalue weighted by molar-refractivity contribution is 4.75. The van der Waals surface area contributed by atoms with Crippen LogP contribution in [0, 0.1) is 10.8 Å². The lowest BCUT2D eigenvalue weighted by molar-refractivity contribution is 0.209. The zero-order chi connectivity index (χ0) is 22.6. The number of hydrogen-bond donors (Lipinski definition) is 2. The van der Waals surface area contributed by atoms with Crippen molar-refractivity contribution < 1.29 is 0 Å². The summed E-state index contributed by atoms with van der Waals surface area (Å²) < 4.78 is 0. The van der Waals surface area contributed by atoms with E-state index in [-0.39, 0.29) is 0 Å². The molecule has 2 heterocycles. The Hall–Kier alpha value is -0.0800. The third-order valence-corrected chi connectivity index (χ3v) is 6.81. The van der Waals surface area contributed by atoms with E-state index in [9.17, 15) is 0 Å². The van der Waals surface area contributed by atoms with Gasteiger partial charge in [-0.3, -0.25) is 0 Å². The summed E-state index contributed by atoms with van der Waals surface area (Å²) in [4.78, 5) is 0. The van der Waals surface area contributed by atoms with Gasteiger partial charge >= 0.3 is 0 Å². The summed E-state index contributed by atoms with van der Waals surface area (Å²) in [5.41, 5.74) is 1.11. The van der Waals surface area contributed by atoms with Crippen LogP contribution in [0.3, 0.4) is 0 Å². The van der Waals surface area contributed by atoms with E-state index in [1.165, 1.54) is 129 Å². The molecule has 2 aliphatic rings. The zero-order valence-electron chi connectivity index (χ0n) is 22.1. The maximum absolute atomic E-state index is 3.28. The molecule has 0 atom stereocenters. The third kappa shape index (κ3) is 21.2. The lowest BCUT2D eigenvalue weighted by Crippen LogP contribution is -2.21. The summed E-state index contributed by atoms with van der Waals surface area (Å²) in [6.07, 6.45) is 22.4. The minimum absolute atomic E-state index is 0.553. The average molecular weight is 425 g/mol. The van der Waals surface area contributed by atoms with Crippen molar-refractivity contribution in [3.05, 3.63) is 0 Å². The van der Waals surface area contributed by atoms with Gasteiger partial charge in [0, 0.05) is 0 Å². The number of nitrogens with one attached hydrogen (secondary N) is 2. The van der Waals surface area contributed by atoms with Crippen molar-refractivity contribution in [2.45, 2.75) is 144 Å². The molecule has 0 amide bonds. The van der Waals surface area contributed by atoms with Crippen LogP contribution < -0.4 is 10.6 Å². The molecule has 0 aromatic carbocycles. The Balaban J connectivity index is 0.000000556. The van der Waals surface area contributed by atoms with E-state index in [4.69, 9.17) is 0 Å². The molecule has 0 spiro atoms. The third-order valence-electron chi connectivity index (χ3n) is 6.81. The van der Waals surface area contributed by atoms with Gasteiger partial charge in [-0.1, -0.05) is 92.9 Å². The second-order valence-electron chi connectivity index (χ2n) is 11.4. The highest BCUT2D eigenvalue weighted by Gasteiger charge is 2.23. The first-order valence-electron chi connectivity index (χ1n) is 13.7. The predicted octanol–water partition coefficient (Wildman–Crippen LogP) is 8.50. The molecule has 0 radical (unpaired) electrons. The molecule has 2 rings (SSSR count). The summed E-state index contributed by atoms with van der Waals surface area (Å²) >= 11 is 0. The topological polar surface area (TPSA) is 24.1 Å². The van der Waals surface area contributed by atoms with E-state index in [2.05, 4.69) is 52.2 Å². The van der Waals surface area contributed by atoms with Gasteiger partial charge in [0.05, 0.1) is 0 Å². The Morgan fingerprint density at radius 1 is 0.467 bits per heavy atom. The summed E-state index contributed by atoms with van der Waals surface area (Å²) in [6, 6.07) is 0. The summed E-state index contributed by atoms with van der Waals surface area (Å²) in [5.74, 6) is 0. The Morgan fingerprint density at radius 3 is 1.00 bits per heavy atom. The van der Waals surface area contributed by atoms with Crippen LogP contribution in [0.2, 0.25) is 0 Å². The molecule has 0 bridgehead atoms. The van der Waals surface area contributed by atoms with Crippen LogP contribution in [0.5, 0.6) is 0 Å². The first-order valence-corrected chi connectivity index (χ1v) is 13.7. The van der Waals surface area contributed by atoms with Crippen LogP contribution in [0.25, 0.3) is 0 Å². The summed E-state index contributed by atoms with van der Waals surface area (Å²) in [6.45, 7) is 19.4. The highest BCUT2D eigenvalue weighted by Crippen LogP contribution is 2.37. The molecule has 2 aliphatic heterocycles. The standard InChI is InChI=1S/C18H38.2C5H11N/c1-7-9-11-13-17(3,4)15-16-18(5,6)14-12-10-8-2;2*1-2-4-6-5-3-1/h7-16H2,1-6H3;2*6H,1-5H2. The monoisotopic (exact) mass is 424 g/mol. The Morgan fingerprint density at radius 2 is 0.800 bits per heavy atom. The lowest BCUT2D eigenvalue weighted by atomic mass is 9.74. The molecule has 0 aromatic rings. The van der Waals surface area contributed by atoms with Gasteiger partial charge in [0.15, 0.2) is 0 Å². The second kappa shape index (κ2) is 19.6. The number of piperidine rings is 2. The van der Waals surface area contributed by atoms with Gasteiger partial charge in [-0.25, -0.2) is 0 Å². The molecule has 2 fully saturated rings. The van der Waals surface area contributed by atoms with Gasteiger partial charge < -0.3 is 10.6 Å². The number of rotatable bonds is 11. The van der Waals surface area contributed by atoms with Gasteiger partial charge in [0.2, 0.25) is 0 Å². The molecule has 0 unspecified atom stereocenters. The van der Waals surface area contributed by atoms with Gasteiger partial charge in [-0.2, -0.15) is 0 Å². The first-order chi connectivity index (χ1) is 14.3. The second-order valence-corrected chi connectivity index (χ2v) is 11.4. The van der Waals surface area contributed by atoms with Crippen LogP contribution >= 0.6 is 0 Å². The SMILES string of the molecule is C1CCNCC1.C1CCNCC1.CCCCCC(C)(C)CCC(C)(C)CCCCC. The highest BCUT2D eigenvalue weighted by atomic mass is 14.9. The molecule has 2 N–H and O–H groups in total.